The SMILES string of the molecule is CCOC(=O)CCc1ccc(NC(=O)[C@@H]2CCCN2C(=O)c2ccc3c(c2)c(=O)n(-c2ccccc2)n3C2CCCCC2)cc1. The number of aromatic nitrogens is 2. The molecule has 1 saturated carbocycles. The summed E-state index contributed by atoms with van der Waals surface area (Å²) in [6.07, 6.45) is 7.63. The molecule has 9 nitrogen and oxygen atoms in total. The lowest BCUT2D eigenvalue weighted by molar-refractivity contribution is -0.143. The maximum Gasteiger partial charge on any atom is 0.306 e. The van der Waals surface area contributed by atoms with Crippen LogP contribution in [0.5, 0.6) is 0 Å². The number of aryl methyl sites for hydroxylation is 1. The van der Waals surface area contributed by atoms with Crippen LogP contribution in [-0.4, -0.2) is 51.2 Å². The minimum atomic E-state index is -0.607. The highest BCUT2D eigenvalue weighted by atomic mass is 16.5. The Hall–Kier alpha value is -4.66. The molecule has 2 heterocycles. The van der Waals surface area contributed by atoms with Gasteiger partial charge in [0.05, 0.1) is 29.2 Å². The van der Waals surface area contributed by atoms with Crippen LogP contribution in [0, 0.1) is 0 Å². The van der Waals surface area contributed by atoms with Gasteiger partial charge in [-0.15, -0.1) is 0 Å². The third-order valence-corrected chi connectivity index (χ3v) is 9.01. The van der Waals surface area contributed by atoms with E-state index in [9.17, 15) is 19.2 Å². The fourth-order valence-corrected chi connectivity index (χ4v) is 6.76. The van der Waals surface area contributed by atoms with E-state index in [1.807, 2.05) is 60.7 Å². The molecule has 3 aromatic carbocycles. The second-order valence-electron chi connectivity index (χ2n) is 12.0. The molecule has 1 saturated heterocycles. The average molecular weight is 609 g/mol. The van der Waals surface area contributed by atoms with E-state index in [1.165, 1.54) is 6.42 Å². The first-order valence-electron chi connectivity index (χ1n) is 16.1. The second kappa shape index (κ2) is 13.5. The van der Waals surface area contributed by atoms with Crippen molar-refractivity contribution < 1.29 is 19.1 Å². The van der Waals surface area contributed by atoms with Crippen molar-refractivity contribution in [3.63, 3.8) is 0 Å². The molecule has 0 bridgehead atoms. The highest BCUT2D eigenvalue weighted by Crippen LogP contribution is 2.32. The number of anilines is 1. The van der Waals surface area contributed by atoms with Crippen LogP contribution in [0.15, 0.2) is 77.6 Å². The van der Waals surface area contributed by atoms with Crippen LogP contribution < -0.4 is 10.9 Å². The van der Waals surface area contributed by atoms with Gasteiger partial charge in [0.1, 0.15) is 6.04 Å². The predicted molar refractivity (Wildman–Crippen MR) is 174 cm³/mol. The second-order valence-corrected chi connectivity index (χ2v) is 12.0. The Kier molecular flexibility index (Phi) is 9.14. The van der Waals surface area contributed by atoms with Crippen molar-refractivity contribution in [2.75, 3.05) is 18.5 Å². The Bertz CT molecular complexity index is 1740. The van der Waals surface area contributed by atoms with Gasteiger partial charge in [0.15, 0.2) is 0 Å². The van der Waals surface area contributed by atoms with Crippen LogP contribution in [0.4, 0.5) is 5.69 Å². The van der Waals surface area contributed by atoms with Gasteiger partial charge >= 0.3 is 5.97 Å². The number of amides is 2. The number of carbonyl (C=O) groups is 3. The number of fused-ring (bicyclic) bond motifs is 1. The summed E-state index contributed by atoms with van der Waals surface area (Å²) in [5, 5.41) is 3.47. The van der Waals surface area contributed by atoms with E-state index in [0.29, 0.717) is 49.1 Å². The smallest absolute Gasteiger partial charge is 0.306 e. The first-order valence-corrected chi connectivity index (χ1v) is 16.1. The molecule has 9 heteroatoms. The molecule has 2 fully saturated rings. The zero-order chi connectivity index (χ0) is 31.3. The first kappa shape index (κ1) is 30.4. The standard InChI is InChI=1S/C36H40N4O5/c1-2-45-33(41)22-17-25-15-19-27(20-16-25)37-34(42)32-14-9-23-38(32)35(43)26-18-21-31-30(24-26)36(44)40(29-12-7-4-8-13-29)39(31)28-10-5-3-6-11-28/h4,7-8,12-13,15-16,18-21,24,28,32H,2-3,5-6,9-11,14,17,22-23H2,1H3,(H,37,42)/t32-/m0/s1. The Labute approximate surface area is 262 Å². The van der Waals surface area contributed by atoms with Gasteiger partial charge in [0.25, 0.3) is 11.5 Å². The van der Waals surface area contributed by atoms with Gasteiger partial charge in [-0.1, -0.05) is 49.6 Å². The molecule has 1 aliphatic heterocycles. The van der Waals surface area contributed by atoms with Crippen molar-refractivity contribution >= 4 is 34.4 Å². The molecule has 1 N–H and O–H groups in total. The van der Waals surface area contributed by atoms with Crippen LogP contribution >= 0.6 is 0 Å². The number of carbonyl (C=O) groups excluding carboxylic acids is 3. The van der Waals surface area contributed by atoms with Crippen molar-refractivity contribution in [2.24, 2.45) is 0 Å². The maximum atomic E-state index is 13.9. The van der Waals surface area contributed by atoms with Crippen LogP contribution in [0.3, 0.4) is 0 Å². The normalized spacial score (nSPS) is 17.0. The fraction of sp³-hybridized carbons (Fsp3) is 0.389. The predicted octanol–water partition coefficient (Wildman–Crippen LogP) is 6.04. The summed E-state index contributed by atoms with van der Waals surface area (Å²) in [7, 11) is 0. The Morgan fingerprint density at radius 3 is 2.38 bits per heavy atom. The number of para-hydroxylation sites is 1. The molecule has 45 heavy (non-hydrogen) atoms. The molecular weight excluding hydrogens is 568 g/mol. The number of hydrogen-bond donors (Lipinski definition) is 1. The summed E-state index contributed by atoms with van der Waals surface area (Å²) in [5.41, 5.74) is 3.50. The lowest BCUT2D eigenvalue weighted by Gasteiger charge is -2.27. The summed E-state index contributed by atoms with van der Waals surface area (Å²) in [4.78, 5) is 54.4. The minimum absolute atomic E-state index is 0.141. The molecule has 2 aliphatic rings. The molecule has 0 radical (unpaired) electrons. The number of ether oxygens (including phenoxy) is 1. The third kappa shape index (κ3) is 6.43. The topological polar surface area (TPSA) is 103 Å². The largest absolute Gasteiger partial charge is 0.466 e. The van der Waals surface area contributed by atoms with Crippen LogP contribution in [0.1, 0.15) is 80.3 Å². The van der Waals surface area contributed by atoms with Crippen molar-refractivity contribution in [2.45, 2.75) is 76.8 Å². The van der Waals surface area contributed by atoms with Crippen LogP contribution in [-0.2, 0) is 20.7 Å². The molecule has 0 spiro atoms. The summed E-state index contributed by atoms with van der Waals surface area (Å²) in [6.45, 7) is 2.62. The molecule has 0 unspecified atom stereocenters. The molecule has 1 aromatic heterocycles. The Morgan fingerprint density at radius 1 is 0.889 bits per heavy atom. The van der Waals surface area contributed by atoms with Gasteiger partial charge in [0.2, 0.25) is 5.91 Å². The van der Waals surface area contributed by atoms with Crippen LogP contribution in [0.25, 0.3) is 16.6 Å². The highest BCUT2D eigenvalue weighted by Gasteiger charge is 2.35. The number of nitrogens with one attached hydrogen (secondary N) is 1. The Morgan fingerprint density at radius 2 is 1.64 bits per heavy atom. The van der Waals surface area contributed by atoms with E-state index in [4.69, 9.17) is 4.74 Å². The monoisotopic (exact) mass is 608 g/mol. The maximum absolute atomic E-state index is 13.9. The van der Waals surface area contributed by atoms with Gasteiger partial charge in [-0.3, -0.25) is 23.9 Å². The van der Waals surface area contributed by atoms with E-state index in [1.54, 1.807) is 28.6 Å². The molecule has 6 rings (SSSR count). The van der Waals surface area contributed by atoms with Crippen molar-refractivity contribution in [1.29, 1.82) is 0 Å². The molecule has 1 aliphatic carbocycles. The number of rotatable bonds is 9. The highest BCUT2D eigenvalue weighted by molar-refractivity contribution is 6.03. The summed E-state index contributed by atoms with van der Waals surface area (Å²) >= 11 is 0. The Balaban J connectivity index is 1.21. The van der Waals surface area contributed by atoms with Gasteiger partial charge in [-0.05, 0) is 87.1 Å². The molecule has 4 aromatic rings. The lowest BCUT2D eigenvalue weighted by atomic mass is 9.95. The van der Waals surface area contributed by atoms with E-state index in [-0.39, 0.29) is 29.4 Å². The fourth-order valence-electron chi connectivity index (χ4n) is 6.76. The van der Waals surface area contributed by atoms with Gasteiger partial charge in [-0.25, -0.2) is 4.68 Å². The number of nitrogens with zero attached hydrogens (tertiary/aromatic N) is 3. The van der Waals surface area contributed by atoms with Gasteiger partial charge in [0, 0.05) is 24.2 Å². The summed E-state index contributed by atoms with van der Waals surface area (Å²) in [5.74, 6) is -0.722. The van der Waals surface area contributed by atoms with Gasteiger partial charge in [-0.2, -0.15) is 0 Å². The van der Waals surface area contributed by atoms with Crippen molar-refractivity contribution in [3.8, 4) is 5.69 Å². The molecule has 2 amide bonds. The van der Waals surface area contributed by atoms with Crippen molar-refractivity contribution in [3.05, 3.63) is 94.3 Å². The summed E-state index contributed by atoms with van der Waals surface area (Å²) in [6, 6.07) is 22.1. The zero-order valence-electron chi connectivity index (χ0n) is 25.7. The molecule has 1 atom stereocenters. The van der Waals surface area contributed by atoms with Crippen molar-refractivity contribution in [1.82, 2.24) is 14.3 Å². The van der Waals surface area contributed by atoms with E-state index >= 15 is 0 Å². The first-order chi connectivity index (χ1) is 21.9. The summed E-state index contributed by atoms with van der Waals surface area (Å²) < 4.78 is 8.89. The van der Waals surface area contributed by atoms with E-state index < -0.39 is 6.04 Å². The number of likely N-dealkylation sites (tertiary alicyclic amines) is 1. The number of benzene rings is 3. The zero-order valence-corrected chi connectivity index (χ0v) is 25.7. The van der Waals surface area contributed by atoms with Gasteiger partial charge < -0.3 is 15.0 Å². The number of esters is 1. The lowest BCUT2D eigenvalue weighted by Crippen LogP contribution is -2.43. The van der Waals surface area contributed by atoms with E-state index in [0.717, 1.165) is 48.9 Å². The number of hydrogen-bond acceptors (Lipinski definition) is 5. The van der Waals surface area contributed by atoms with E-state index in [2.05, 4.69) is 10.00 Å². The molecular formula is C36H40N4O5. The molecule has 234 valence electrons. The quantitative estimate of drug-likeness (QED) is 0.234. The van der Waals surface area contributed by atoms with Crippen LogP contribution in [0.2, 0.25) is 0 Å². The third-order valence-electron chi connectivity index (χ3n) is 9.01. The minimum Gasteiger partial charge on any atom is -0.466 e. The average Bonchev–Trinajstić information content (AvgIpc) is 3.68.